The molecule has 344 valence electrons. The number of amides is 1. The highest BCUT2D eigenvalue weighted by atomic mass is 32.2. The number of ether oxygens (including phenoxy) is 6. The number of benzene rings is 3. The van der Waals surface area contributed by atoms with Gasteiger partial charge < -0.3 is 48.4 Å². The molecule has 1 saturated carbocycles. The molecule has 3 aliphatic heterocycles. The van der Waals surface area contributed by atoms with Gasteiger partial charge in [0.2, 0.25) is 18.9 Å². The van der Waals surface area contributed by atoms with Crippen LogP contribution in [-0.2, 0) is 14.3 Å². The van der Waals surface area contributed by atoms with Crippen LogP contribution in [0.3, 0.4) is 0 Å². The summed E-state index contributed by atoms with van der Waals surface area (Å²) in [6.07, 6.45) is 12.0. The summed E-state index contributed by atoms with van der Waals surface area (Å²) in [4.78, 5) is 24.6. The number of oxime groups is 1. The van der Waals surface area contributed by atoms with Gasteiger partial charge in [0, 0.05) is 60.3 Å². The Kier molecular flexibility index (Phi) is 15.9. The topological polar surface area (TPSA) is 138 Å². The summed E-state index contributed by atoms with van der Waals surface area (Å²) in [5, 5.41) is 25.0. The summed E-state index contributed by atoms with van der Waals surface area (Å²) in [5.41, 5.74) is 3.21. The van der Waals surface area contributed by atoms with Crippen LogP contribution in [0, 0.1) is 17.8 Å². The predicted octanol–water partition coefficient (Wildman–Crippen LogP) is 9.30. The summed E-state index contributed by atoms with van der Waals surface area (Å²) >= 11 is 1.76. The molecule has 0 aromatic heterocycles. The number of carbonyl (C=O) groups is 1. The molecule has 12 nitrogen and oxygen atoms in total. The van der Waals surface area contributed by atoms with Gasteiger partial charge in [0.15, 0.2) is 11.5 Å². The smallest absolute Gasteiger partial charge is 0.254 e. The first-order chi connectivity index (χ1) is 31.5. The Morgan fingerprint density at radius 3 is 2.58 bits per heavy atom. The van der Waals surface area contributed by atoms with Crippen molar-refractivity contribution < 1.29 is 48.3 Å². The number of aliphatic hydroxyl groups is 2. The Morgan fingerprint density at radius 2 is 1.80 bits per heavy atom. The first kappa shape index (κ1) is 46.0. The SMILES string of the molecule is C=CCO[C@@]12Oc3ccc(OCCSc4ccccc4)cc3[C@H]3[C@H](CCCCO)[C@@H](CCCCO)C=C(C(=NOC4CCCCO4)C[C@@H]1N(CCC)C(=O)c1ccc4c(c1)OCO4)[C@H]32. The molecule has 64 heavy (non-hydrogen) atoms. The molecule has 1 unspecified atom stereocenters. The number of thioether (sulfide) groups is 1. The highest BCUT2D eigenvalue weighted by Gasteiger charge is 2.65. The number of allylic oxidation sites excluding steroid dienone is 1. The molecular weight excluding hydrogens is 833 g/mol. The summed E-state index contributed by atoms with van der Waals surface area (Å²) in [5.74, 6) is 1.37. The van der Waals surface area contributed by atoms with E-state index >= 15 is 4.79 Å². The molecule has 3 heterocycles. The van der Waals surface area contributed by atoms with Crippen LogP contribution >= 0.6 is 11.8 Å². The zero-order valence-corrected chi connectivity index (χ0v) is 37.9. The van der Waals surface area contributed by atoms with E-state index in [1.54, 1.807) is 36.0 Å². The van der Waals surface area contributed by atoms with Crippen molar-refractivity contribution in [2.45, 2.75) is 106 Å². The average Bonchev–Trinajstić information content (AvgIpc) is 3.81. The van der Waals surface area contributed by atoms with Crippen LogP contribution in [0.15, 0.2) is 101 Å². The third kappa shape index (κ3) is 10.1. The van der Waals surface area contributed by atoms with E-state index in [0.717, 1.165) is 73.3 Å². The summed E-state index contributed by atoms with van der Waals surface area (Å²) < 4.78 is 38.5. The quantitative estimate of drug-likeness (QED) is 0.0432. The fourth-order valence-corrected chi connectivity index (χ4v) is 11.1. The Labute approximate surface area is 381 Å². The molecule has 8 rings (SSSR count). The number of hydrogen-bond donors (Lipinski definition) is 2. The Bertz CT molecular complexity index is 2090. The maximum atomic E-state index is 15.2. The zero-order valence-electron chi connectivity index (χ0n) is 37.1. The van der Waals surface area contributed by atoms with Crippen molar-refractivity contribution in [3.8, 4) is 23.0 Å². The molecule has 2 aliphatic carbocycles. The highest BCUT2D eigenvalue weighted by Crippen LogP contribution is 2.62. The van der Waals surface area contributed by atoms with Crippen molar-refractivity contribution in [3.05, 3.63) is 102 Å². The number of unbranched alkanes of at least 4 members (excludes halogenated alkanes) is 2. The van der Waals surface area contributed by atoms with Gasteiger partial charge in [-0.2, -0.15) is 0 Å². The highest BCUT2D eigenvalue weighted by molar-refractivity contribution is 7.99. The van der Waals surface area contributed by atoms with Gasteiger partial charge in [0.05, 0.1) is 31.5 Å². The molecule has 3 aromatic rings. The van der Waals surface area contributed by atoms with Gasteiger partial charge in [-0.15, -0.1) is 18.3 Å². The van der Waals surface area contributed by atoms with Crippen molar-refractivity contribution in [1.29, 1.82) is 0 Å². The second kappa shape index (κ2) is 22.1. The molecule has 0 spiro atoms. The van der Waals surface area contributed by atoms with Crippen LogP contribution in [-0.4, -0.2) is 97.0 Å². The molecule has 2 fully saturated rings. The van der Waals surface area contributed by atoms with Gasteiger partial charge in [-0.3, -0.25) is 4.79 Å². The van der Waals surface area contributed by atoms with E-state index in [1.165, 1.54) is 4.90 Å². The lowest BCUT2D eigenvalue weighted by atomic mass is 9.55. The Hall–Kier alpha value is -4.53. The number of rotatable bonds is 22. The molecule has 13 heteroatoms. The predicted molar refractivity (Wildman–Crippen MR) is 246 cm³/mol. The van der Waals surface area contributed by atoms with E-state index in [1.807, 2.05) is 35.2 Å². The summed E-state index contributed by atoms with van der Waals surface area (Å²) in [7, 11) is 0. The standard InChI is InChI=1S/C51H64N2O10S/c1-3-23-53(50(56)36-19-21-44-45(31-36)60-34-59-44)46-33-42(52-63-47-18-10-13-27-58-47)40-30-35(14-8-11-24-54)39(17-9-12-25-55)48-41-32-37(57-28-29-64-38-15-6-5-7-16-38)20-22-43(41)62-51(46,49(40)48)61-26-4-2/h4-7,15-16,19-22,30-32,35,39,46-49,54-55H,2-3,8-14,17-18,23-29,33-34H2,1H3/t35-,39+,46-,47?,48+,49+,51+/m0/s1. The number of nitrogens with zero attached hydrogens (tertiary/aromatic N) is 2. The molecule has 7 atom stereocenters. The van der Waals surface area contributed by atoms with Gasteiger partial charge in [-0.25, -0.2) is 0 Å². The lowest BCUT2D eigenvalue weighted by Gasteiger charge is -2.60. The maximum Gasteiger partial charge on any atom is 0.254 e. The number of aliphatic hydroxyl groups excluding tert-OH is 2. The molecule has 0 radical (unpaired) electrons. The van der Waals surface area contributed by atoms with Crippen molar-refractivity contribution in [1.82, 2.24) is 4.90 Å². The Morgan fingerprint density at radius 1 is 0.984 bits per heavy atom. The number of fused-ring (bicyclic) bond motifs is 3. The molecule has 1 amide bonds. The van der Waals surface area contributed by atoms with Gasteiger partial charge >= 0.3 is 0 Å². The minimum Gasteiger partial charge on any atom is -0.493 e. The largest absolute Gasteiger partial charge is 0.493 e. The van der Waals surface area contributed by atoms with E-state index in [-0.39, 0.29) is 50.3 Å². The van der Waals surface area contributed by atoms with Gasteiger partial charge in [-0.05, 0) is 111 Å². The molecule has 1 saturated heterocycles. The van der Waals surface area contributed by atoms with E-state index in [0.29, 0.717) is 68.3 Å². The lowest BCUT2D eigenvalue weighted by Crippen LogP contribution is -2.70. The van der Waals surface area contributed by atoms with Crippen LogP contribution in [0.4, 0.5) is 0 Å². The second-order valence-corrected chi connectivity index (χ2v) is 18.4. The van der Waals surface area contributed by atoms with Crippen molar-refractivity contribution in [2.75, 3.05) is 52.1 Å². The molecule has 3 aromatic carbocycles. The number of carbonyl (C=O) groups excluding carboxylic acids is 1. The minimum atomic E-state index is -1.38. The molecule has 5 aliphatic rings. The molecular formula is C51H64N2O10S. The summed E-state index contributed by atoms with van der Waals surface area (Å²) in [6.45, 7) is 8.20. The lowest BCUT2D eigenvalue weighted by molar-refractivity contribution is -0.254. The van der Waals surface area contributed by atoms with Crippen LogP contribution in [0.25, 0.3) is 0 Å². The van der Waals surface area contributed by atoms with Crippen molar-refractivity contribution >= 4 is 23.4 Å². The first-order valence-electron chi connectivity index (χ1n) is 23.3. The minimum absolute atomic E-state index is 0.0871. The third-order valence-electron chi connectivity index (χ3n) is 13.1. The van der Waals surface area contributed by atoms with E-state index in [9.17, 15) is 10.2 Å². The van der Waals surface area contributed by atoms with Crippen molar-refractivity contribution in [2.24, 2.45) is 22.9 Å². The Balaban J connectivity index is 1.27. The molecule has 2 N–H and O–H groups in total. The van der Waals surface area contributed by atoms with E-state index < -0.39 is 24.0 Å². The van der Waals surface area contributed by atoms with Crippen LogP contribution in [0.1, 0.15) is 99.4 Å². The van der Waals surface area contributed by atoms with E-state index in [2.05, 4.69) is 37.8 Å². The van der Waals surface area contributed by atoms with Crippen LogP contribution < -0.4 is 18.9 Å². The normalized spacial score (nSPS) is 26.0. The second-order valence-electron chi connectivity index (χ2n) is 17.3. The number of hydrogen-bond acceptors (Lipinski definition) is 12. The van der Waals surface area contributed by atoms with E-state index in [4.69, 9.17) is 38.4 Å². The van der Waals surface area contributed by atoms with Crippen LogP contribution in [0.2, 0.25) is 0 Å². The fraction of sp³-hybridized carbons (Fsp3) is 0.529. The van der Waals surface area contributed by atoms with Gasteiger partial charge in [-0.1, -0.05) is 55.3 Å². The van der Waals surface area contributed by atoms with Crippen molar-refractivity contribution in [3.63, 3.8) is 0 Å². The summed E-state index contributed by atoms with van der Waals surface area (Å²) in [6, 6.07) is 21.1. The monoisotopic (exact) mass is 896 g/mol. The third-order valence-corrected chi connectivity index (χ3v) is 14.1. The first-order valence-corrected chi connectivity index (χ1v) is 24.3. The van der Waals surface area contributed by atoms with Gasteiger partial charge in [0.1, 0.15) is 17.5 Å². The van der Waals surface area contributed by atoms with Crippen LogP contribution in [0.5, 0.6) is 23.0 Å². The zero-order chi connectivity index (χ0) is 44.3. The molecule has 0 bridgehead atoms. The van der Waals surface area contributed by atoms with Gasteiger partial charge in [0.25, 0.3) is 5.91 Å². The average molecular weight is 897 g/mol. The maximum absolute atomic E-state index is 15.2. The fourth-order valence-electron chi connectivity index (χ4n) is 10.3.